The lowest BCUT2D eigenvalue weighted by Gasteiger charge is -2.36. The Morgan fingerprint density at radius 1 is 1.00 bits per heavy atom. The molecule has 6 nitrogen and oxygen atoms in total. The molecule has 4 aromatic rings. The van der Waals surface area contributed by atoms with Gasteiger partial charge in [-0.3, -0.25) is 4.90 Å². The van der Waals surface area contributed by atoms with Crippen LogP contribution in [0.15, 0.2) is 54.7 Å². The van der Waals surface area contributed by atoms with Crippen LogP contribution in [0, 0.1) is 6.92 Å². The van der Waals surface area contributed by atoms with E-state index in [4.69, 9.17) is 19.6 Å². The van der Waals surface area contributed by atoms with Gasteiger partial charge in [0.05, 0.1) is 25.6 Å². The number of rotatable bonds is 5. The van der Waals surface area contributed by atoms with Crippen molar-refractivity contribution in [1.29, 1.82) is 0 Å². The molecule has 2 atom stereocenters. The molecule has 0 radical (unpaired) electrons. The molecule has 33 heavy (non-hydrogen) atoms. The lowest BCUT2D eigenvalue weighted by molar-refractivity contribution is 0.165. The Bertz CT molecular complexity index is 1330. The van der Waals surface area contributed by atoms with Gasteiger partial charge in [0.2, 0.25) is 0 Å². The zero-order chi connectivity index (χ0) is 22.5. The smallest absolute Gasteiger partial charge is 0.163 e. The summed E-state index contributed by atoms with van der Waals surface area (Å²) in [5.74, 6) is 1.43. The topological polar surface area (TPSA) is 51.9 Å². The quantitative estimate of drug-likeness (QED) is 0.438. The highest BCUT2D eigenvalue weighted by atomic mass is 16.5. The van der Waals surface area contributed by atoms with Crippen molar-refractivity contribution < 1.29 is 9.47 Å². The Hall–Kier alpha value is -3.38. The highest BCUT2D eigenvalue weighted by Crippen LogP contribution is 2.45. The van der Waals surface area contributed by atoms with Gasteiger partial charge >= 0.3 is 0 Å². The van der Waals surface area contributed by atoms with Crippen molar-refractivity contribution in [2.24, 2.45) is 0 Å². The first-order chi connectivity index (χ1) is 16.2. The van der Waals surface area contributed by atoms with Crippen molar-refractivity contribution in [2.75, 3.05) is 14.2 Å². The van der Waals surface area contributed by atoms with Crippen molar-refractivity contribution in [3.63, 3.8) is 0 Å². The maximum atomic E-state index is 5.54. The summed E-state index contributed by atoms with van der Waals surface area (Å²) >= 11 is 0. The molecule has 0 saturated carbocycles. The largest absolute Gasteiger partial charge is 0.493 e. The van der Waals surface area contributed by atoms with Crippen molar-refractivity contribution in [3.05, 3.63) is 77.2 Å². The predicted molar refractivity (Wildman–Crippen MR) is 128 cm³/mol. The van der Waals surface area contributed by atoms with E-state index in [1.165, 1.54) is 29.7 Å². The minimum absolute atomic E-state index is 0.407. The second kappa shape index (κ2) is 7.89. The van der Waals surface area contributed by atoms with Gasteiger partial charge in [-0.2, -0.15) is 5.10 Å². The van der Waals surface area contributed by atoms with Gasteiger partial charge in [-0.1, -0.05) is 36.4 Å². The molecule has 1 fully saturated rings. The molecule has 0 N–H and O–H groups in total. The number of aryl methyl sites for hydroxylation is 1. The number of hydrogen-bond donors (Lipinski definition) is 0. The van der Waals surface area contributed by atoms with Crippen molar-refractivity contribution in [1.82, 2.24) is 19.5 Å². The monoisotopic (exact) mass is 440 g/mol. The summed E-state index contributed by atoms with van der Waals surface area (Å²) in [5.41, 5.74) is 7.99. The van der Waals surface area contributed by atoms with Crippen LogP contribution < -0.4 is 9.47 Å². The average Bonchev–Trinajstić information content (AvgIpc) is 3.32. The van der Waals surface area contributed by atoms with Crippen LogP contribution in [0.25, 0.3) is 16.8 Å². The molecule has 2 aromatic heterocycles. The molecule has 6 heteroatoms. The number of nitrogens with zero attached hydrogens (tertiary/aromatic N) is 4. The first-order valence-corrected chi connectivity index (χ1v) is 11.6. The molecule has 2 aliphatic heterocycles. The number of ether oxygens (including phenoxy) is 2. The Kier molecular flexibility index (Phi) is 4.84. The normalized spacial score (nSPS) is 19.6. The SMILES string of the molecule is COc1ccc(-c2c(C)nn3c4c(cnc23)C2CCC(C4)N2Cc2ccccc2)cc1OC. The first-order valence-electron chi connectivity index (χ1n) is 11.6. The number of fused-ring (bicyclic) bond motifs is 6. The number of aromatic nitrogens is 3. The average molecular weight is 441 g/mol. The van der Waals surface area contributed by atoms with Gasteiger partial charge in [0.25, 0.3) is 0 Å². The minimum atomic E-state index is 0.407. The fourth-order valence-corrected chi connectivity index (χ4v) is 5.71. The fourth-order valence-electron chi connectivity index (χ4n) is 5.71. The highest BCUT2D eigenvalue weighted by molar-refractivity contribution is 5.81. The number of methoxy groups -OCH3 is 2. The van der Waals surface area contributed by atoms with E-state index in [2.05, 4.69) is 58.9 Å². The number of hydrogen-bond acceptors (Lipinski definition) is 5. The van der Waals surface area contributed by atoms with Crippen LogP contribution in [0.1, 0.15) is 41.4 Å². The van der Waals surface area contributed by atoms with E-state index in [0.29, 0.717) is 17.8 Å². The molecule has 0 aliphatic carbocycles. The summed E-state index contributed by atoms with van der Waals surface area (Å²) in [5, 5.41) is 4.97. The van der Waals surface area contributed by atoms with E-state index in [1.807, 2.05) is 12.1 Å². The molecule has 2 bridgehead atoms. The van der Waals surface area contributed by atoms with E-state index in [-0.39, 0.29) is 0 Å². The van der Waals surface area contributed by atoms with Gasteiger partial charge < -0.3 is 9.47 Å². The standard InChI is InChI=1S/C27H28N4O2/c1-17-26(19-9-12-24(32-2)25(13-19)33-3)27-28-15-21-22-11-10-20(14-23(21)31(27)29-17)30(22)16-18-7-5-4-6-8-18/h4-9,12-13,15,20,22H,10-11,14,16H2,1-3H3. The van der Waals surface area contributed by atoms with Crippen LogP contribution in [0.5, 0.6) is 11.5 Å². The first kappa shape index (κ1) is 20.2. The van der Waals surface area contributed by atoms with E-state index in [9.17, 15) is 0 Å². The van der Waals surface area contributed by atoms with Crippen LogP contribution >= 0.6 is 0 Å². The molecule has 6 rings (SSSR count). The molecule has 168 valence electrons. The third-order valence-corrected chi connectivity index (χ3v) is 7.26. The second-order valence-electron chi connectivity index (χ2n) is 9.03. The molecule has 2 aromatic carbocycles. The van der Waals surface area contributed by atoms with E-state index >= 15 is 0 Å². The Labute approximate surface area is 193 Å². The van der Waals surface area contributed by atoms with E-state index in [0.717, 1.165) is 41.2 Å². The molecule has 2 aliphatic rings. The molecular formula is C27H28N4O2. The third-order valence-electron chi connectivity index (χ3n) is 7.26. The molecule has 0 spiro atoms. The minimum Gasteiger partial charge on any atom is -0.493 e. The lowest BCUT2D eigenvalue weighted by Crippen LogP contribution is -2.38. The van der Waals surface area contributed by atoms with E-state index in [1.54, 1.807) is 14.2 Å². The van der Waals surface area contributed by atoms with E-state index < -0.39 is 0 Å². The number of benzene rings is 2. The van der Waals surface area contributed by atoms with Crippen LogP contribution in [0.2, 0.25) is 0 Å². The van der Waals surface area contributed by atoms with Crippen LogP contribution in [-0.2, 0) is 13.0 Å². The van der Waals surface area contributed by atoms with Gasteiger partial charge in [0, 0.05) is 42.4 Å². The summed E-state index contributed by atoms with van der Waals surface area (Å²) in [6.45, 7) is 3.05. The molecular weight excluding hydrogens is 412 g/mol. The molecule has 0 amide bonds. The summed E-state index contributed by atoms with van der Waals surface area (Å²) in [6, 6.07) is 17.7. The van der Waals surface area contributed by atoms with Crippen LogP contribution in [0.3, 0.4) is 0 Å². The van der Waals surface area contributed by atoms with Gasteiger partial charge in [-0.15, -0.1) is 0 Å². The van der Waals surface area contributed by atoms with Crippen molar-refractivity contribution >= 4 is 5.65 Å². The summed E-state index contributed by atoms with van der Waals surface area (Å²) < 4.78 is 13.1. The summed E-state index contributed by atoms with van der Waals surface area (Å²) in [7, 11) is 3.32. The summed E-state index contributed by atoms with van der Waals surface area (Å²) in [4.78, 5) is 7.61. The molecule has 2 unspecified atom stereocenters. The van der Waals surface area contributed by atoms with Gasteiger partial charge in [0.15, 0.2) is 17.1 Å². The maximum absolute atomic E-state index is 5.54. The Morgan fingerprint density at radius 2 is 1.82 bits per heavy atom. The Morgan fingerprint density at radius 3 is 2.61 bits per heavy atom. The van der Waals surface area contributed by atoms with Gasteiger partial charge in [-0.05, 0) is 43.0 Å². The lowest BCUT2D eigenvalue weighted by atomic mass is 9.98. The molecule has 4 heterocycles. The maximum Gasteiger partial charge on any atom is 0.163 e. The van der Waals surface area contributed by atoms with Crippen LogP contribution in [-0.4, -0.2) is 39.8 Å². The fraction of sp³-hybridized carbons (Fsp3) is 0.333. The second-order valence-corrected chi connectivity index (χ2v) is 9.03. The predicted octanol–water partition coefficient (Wildman–Crippen LogP) is 4.98. The summed E-state index contributed by atoms with van der Waals surface area (Å²) in [6.07, 6.45) is 5.50. The van der Waals surface area contributed by atoms with Crippen molar-refractivity contribution in [3.8, 4) is 22.6 Å². The zero-order valence-electron chi connectivity index (χ0n) is 19.3. The highest BCUT2D eigenvalue weighted by Gasteiger charge is 2.41. The van der Waals surface area contributed by atoms with Gasteiger partial charge in [0.1, 0.15) is 0 Å². The Balaban J connectivity index is 1.42. The van der Waals surface area contributed by atoms with Crippen LogP contribution in [0.4, 0.5) is 0 Å². The molecule has 1 saturated heterocycles. The third kappa shape index (κ3) is 3.20. The van der Waals surface area contributed by atoms with Crippen molar-refractivity contribution in [2.45, 2.75) is 44.8 Å². The zero-order valence-corrected chi connectivity index (χ0v) is 19.3. The van der Waals surface area contributed by atoms with Gasteiger partial charge in [-0.25, -0.2) is 9.50 Å².